The first-order valence-electron chi connectivity index (χ1n) is 8.53. The molecule has 0 saturated carbocycles. The number of pyridine rings is 1. The highest BCUT2D eigenvalue weighted by Gasteiger charge is 2.25. The van der Waals surface area contributed by atoms with E-state index >= 15 is 0 Å². The molecule has 3 aromatic rings. The number of rotatable bonds is 4. The van der Waals surface area contributed by atoms with E-state index in [9.17, 15) is 9.59 Å². The molecule has 1 aromatic heterocycles. The topological polar surface area (TPSA) is 94.3 Å². The Kier molecular flexibility index (Phi) is 4.40. The maximum absolute atomic E-state index is 12.6. The van der Waals surface area contributed by atoms with Crippen molar-refractivity contribution in [2.24, 2.45) is 5.73 Å². The van der Waals surface area contributed by atoms with Crippen LogP contribution in [0.5, 0.6) is 5.75 Å². The van der Waals surface area contributed by atoms with Crippen LogP contribution in [0, 0.1) is 0 Å². The van der Waals surface area contributed by atoms with Gasteiger partial charge in [-0.1, -0.05) is 24.3 Å². The highest BCUT2D eigenvalue weighted by molar-refractivity contribution is 6.05. The van der Waals surface area contributed by atoms with Gasteiger partial charge in [0.25, 0.3) is 5.91 Å². The molecule has 1 amide bonds. The van der Waals surface area contributed by atoms with Gasteiger partial charge in [0.1, 0.15) is 5.75 Å². The molecular weight excluding hydrogens is 342 g/mol. The molecule has 134 valence electrons. The first kappa shape index (κ1) is 16.9. The number of aromatic nitrogens is 1. The minimum atomic E-state index is -0.279. The van der Waals surface area contributed by atoms with E-state index in [0.717, 1.165) is 22.3 Å². The van der Waals surface area contributed by atoms with E-state index in [2.05, 4.69) is 10.3 Å². The monoisotopic (exact) mass is 359 g/mol. The number of carbonyl (C=O) groups is 2. The number of ether oxygens (including phenoxy) is 1. The van der Waals surface area contributed by atoms with Crippen LogP contribution in [-0.4, -0.2) is 16.9 Å². The zero-order valence-corrected chi connectivity index (χ0v) is 14.4. The van der Waals surface area contributed by atoms with Gasteiger partial charge in [-0.3, -0.25) is 14.6 Å². The number of benzene rings is 2. The molecule has 0 fully saturated rings. The Morgan fingerprint density at radius 1 is 1.11 bits per heavy atom. The molecule has 0 atom stereocenters. The lowest BCUT2D eigenvalue weighted by atomic mass is 9.94. The van der Waals surface area contributed by atoms with Gasteiger partial charge in [0, 0.05) is 41.3 Å². The van der Waals surface area contributed by atoms with E-state index in [4.69, 9.17) is 10.5 Å². The highest BCUT2D eigenvalue weighted by Crippen LogP contribution is 2.39. The van der Waals surface area contributed by atoms with Crippen LogP contribution in [0.1, 0.15) is 21.5 Å². The third-order valence-corrected chi connectivity index (χ3v) is 4.47. The summed E-state index contributed by atoms with van der Waals surface area (Å²) >= 11 is 0. The lowest BCUT2D eigenvalue weighted by Crippen LogP contribution is -2.12. The first-order valence-corrected chi connectivity index (χ1v) is 8.53. The molecule has 1 aliphatic heterocycles. The van der Waals surface area contributed by atoms with Crippen molar-refractivity contribution in [3.63, 3.8) is 0 Å². The molecule has 6 nitrogen and oxygen atoms in total. The predicted molar refractivity (Wildman–Crippen MR) is 101 cm³/mol. The van der Waals surface area contributed by atoms with Crippen LogP contribution in [0.2, 0.25) is 0 Å². The van der Waals surface area contributed by atoms with Crippen LogP contribution in [0.3, 0.4) is 0 Å². The number of fused-ring (bicyclic) bond motifs is 1. The molecule has 0 radical (unpaired) electrons. The second-order valence-corrected chi connectivity index (χ2v) is 6.21. The van der Waals surface area contributed by atoms with Gasteiger partial charge in [0.05, 0.1) is 6.42 Å². The van der Waals surface area contributed by atoms with Crippen molar-refractivity contribution >= 4 is 17.6 Å². The Balaban J connectivity index is 1.74. The van der Waals surface area contributed by atoms with Crippen LogP contribution in [-0.2, 0) is 17.8 Å². The highest BCUT2D eigenvalue weighted by atomic mass is 16.5. The first-order chi connectivity index (χ1) is 13.2. The number of nitrogens with two attached hydrogens (primary N) is 1. The summed E-state index contributed by atoms with van der Waals surface area (Å²) < 4.78 is 5.40. The van der Waals surface area contributed by atoms with Crippen molar-refractivity contribution in [1.29, 1.82) is 0 Å². The third kappa shape index (κ3) is 3.30. The SMILES string of the molecule is NCc1ccc(C(=O)Nc2ccncc2)cc1-c1cccc2c1OC(=O)C2. The summed E-state index contributed by atoms with van der Waals surface area (Å²) in [4.78, 5) is 28.3. The Bertz CT molecular complexity index is 1030. The van der Waals surface area contributed by atoms with Crippen molar-refractivity contribution in [2.75, 3.05) is 5.32 Å². The lowest BCUT2D eigenvalue weighted by Gasteiger charge is -2.13. The largest absolute Gasteiger partial charge is 0.425 e. The van der Waals surface area contributed by atoms with E-state index in [1.165, 1.54) is 0 Å². The van der Waals surface area contributed by atoms with Gasteiger partial charge >= 0.3 is 5.97 Å². The smallest absolute Gasteiger partial charge is 0.315 e. The molecular formula is C21H17N3O3. The Morgan fingerprint density at radius 3 is 2.70 bits per heavy atom. The number of hydrogen-bond donors (Lipinski definition) is 2. The predicted octanol–water partition coefficient (Wildman–Crippen LogP) is 2.92. The fourth-order valence-corrected chi connectivity index (χ4v) is 3.15. The summed E-state index contributed by atoms with van der Waals surface area (Å²) in [5.41, 5.74) is 10.3. The minimum Gasteiger partial charge on any atom is -0.425 e. The molecule has 0 bridgehead atoms. The standard InChI is InChI=1S/C21H17N3O3/c22-12-15-5-4-14(21(26)24-16-6-8-23-9-7-16)10-18(15)17-3-1-2-13-11-19(25)27-20(13)17/h1-10H,11-12,22H2,(H,23,24,26). The van der Waals surface area contributed by atoms with Crippen molar-refractivity contribution < 1.29 is 14.3 Å². The summed E-state index contributed by atoms with van der Waals surface area (Å²) in [7, 11) is 0. The summed E-state index contributed by atoms with van der Waals surface area (Å²) in [6.45, 7) is 0.305. The number of nitrogens with zero attached hydrogens (tertiary/aromatic N) is 1. The van der Waals surface area contributed by atoms with Gasteiger partial charge < -0.3 is 15.8 Å². The number of amides is 1. The zero-order valence-electron chi connectivity index (χ0n) is 14.4. The average Bonchev–Trinajstić information content (AvgIpc) is 3.08. The van der Waals surface area contributed by atoms with Gasteiger partial charge in [-0.05, 0) is 35.4 Å². The molecule has 0 spiro atoms. The van der Waals surface area contributed by atoms with Gasteiger partial charge in [0.15, 0.2) is 0 Å². The number of esters is 1. The van der Waals surface area contributed by atoms with Crippen LogP contribution < -0.4 is 15.8 Å². The Morgan fingerprint density at radius 2 is 1.93 bits per heavy atom. The molecule has 3 N–H and O–H groups in total. The molecule has 4 rings (SSSR count). The van der Waals surface area contributed by atoms with E-state index in [0.29, 0.717) is 23.5 Å². The molecule has 2 heterocycles. The van der Waals surface area contributed by atoms with Crippen LogP contribution >= 0.6 is 0 Å². The Hall–Kier alpha value is -3.51. The minimum absolute atomic E-state index is 0.240. The van der Waals surface area contributed by atoms with E-state index < -0.39 is 0 Å². The van der Waals surface area contributed by atoms with Crippen LogP contribution in [0.15, 0.2) is 60.9 Å². The molecule has 2 aromatic carbocycles. The van der Waals surface area contributed by atoms with Gasteiger partial charge in [-0.2, -0.15) is 0 Å². The van der Waals surface area contributed by atoms with Crippen molar-refractivity contribution in [3.8, 4) is 16.9 Å². The molecule has 0 unspecified atom stereocenters. The number of hydrogen-bond acceptors (Lipinski definition) is 5. The van der Waals surface area contributed by atoms with E-state index in [1.54, 1.807) is 36.7 Å². The lowest BCUT2D eigenvalue weighted by molar-refractivity contribution is -0.131. The molecule has 1 aliphatic rings. The van der Waals surface area contributed by atoms with E-state index in [1.807, 2.05) is 24.3 Å². The van der Waals surface area contributed by atoms with Crippen molar-refractivity contribution in [2.45, 2.75) is 13.0 Å². The molecule has 27 heavy (non-hydrogen) atoms. The van der Waals surface area contributed by atoms with E-state index in [-0.39, 0.29) is 18.3 Å². The van der Waals surface area contributed by atoms with Gasteiger partial charge in [-0.15, -0.1) is 0 Å². The summed E-state index contributed by atoms with van der Waals surface area (Å²) in [6.07, 6.45) is 3.48. The second kappa shape index (κ2) is 7.01. The van der Waals surface area contributed by atoms with Crippen molar-refractivity contribution in [1.82, 2.24) is 4.98 Å². The quantitative estimate of drug-likeness (QED) is 0.552. The summed E-state index contributed by atoms with van der Waals surface area (Å²) in [5.74, 6) is 0.0258. The van der Waals surface area contributed by atoms with Crippen LogP contribution in [0.4, 0.5) is 5.69 Å². The molecule has 6 heteroatoms. The summed E-state index contributed by atoms with van der Waals surface area (Å²) in [5, 5.41) is 2.84. The fraction of sp³-hybridized carbons (Fsp3) is 0.0952. The zero-order chi connectivity index (χ0) is 18.8. The second-order valence-electron chi connectivity index (χ2n) is 6.21. The maximum atomic E-state index is 12.6. The Labute approximate surface area is 156 Å². The number of carbonyl (C=O) groups excluding carboxylic acids is 2. The number of para-hydroxylation sites is 1. The van der Waals surface area contributed by atoms with Gasteiger partial charge in [-0.25, -0.2) is 0 Å². The summed E-state index contributed by atoms with van der Waals surface area (Å²) in [6, 6.07) is 14.4. The van der Waals surface area contributed by atoms with Crippen molar-refractivity contribution in [3.05, 3.63) is 77.6 Å². The number of nitrogens with one attached hydrogen (secondary N) is 1. The number of anilines is 1. The van der Waals surface area contributed by atoms with Crippen LogP contribution in [0.25, 0.3) is 11.1 Å². The maximum Gasteiger partial charge on any atom is 0.315 e. The molecule has 0 aliphatic carbocycles. The molecule has 0 saturated heterocycles. The average molecular weight is 359 g/mol. The fourth-order valence-electron chi connectivity index (χ4n) is 3.15. The normalized spacial score (nSPS) is 12.4. The van der Waals surface area contributed by atoms with Gasteiger partial charge in [0.2, 0.25) is 0 Å². The third-order valence-electron chi connectivity index (χ3n) is 4.47.